The number of carbonyl (C=O) groups is 1. The Bertz CT molecular complexity index is 151. The molecule has 0 atom stereocenters. The molecule has 0 radical (unpaired) electrons. The van der Waals surface area contributed by atoms with Gasteiger partial charge in [-0.05, 0) is 38.9 Å². The first-order valence-corrected chi connectivity index (χ1v) is 5.47. The summed E-state index contributed by atoms with van der Waals surface area (Å²) < 4.78 is 4.63. The van der Waals surface area contributed by atoms with Crippen molar-refractivity contribution < 1.29 is 9.53 Å². The minimum absolute atomic E-state index is 0.0652. The number of carbonyl (C=O) groups excluding carboxylic acids is 1. The first-order chi connectivity index (χ1) is 6.72. The molecule has 1 heterocycles. The van der Waals surface area contributed by atoms with E-state index >= 15 is 0 Å². The standard InChI is InChI=1S/C9H17NO2.C2H6/c1-10-5-3-8(4-6-10)7-9(11)12-2;1-2/h8H,3-7H2,1-2H3;1-2H3. The van der Waals surface area contributed by atoms with Gasteiger partial charge in [0, 0.05) is 6.42 Å². The van der Waals surface area contributed by atoms with Crippen LogP contribution in [0.3, 0.4) is 0 Å². The second kappa shape index (κ2) is 7.80. The van der Waals surface area contributed by atoms with Gasteiger partial charge in [-0.3, -0.25) is 4.79 Å². The third kappa shape index (κ3) is 5.22. The second-order valence-corrected chi connectivity index (χ2v) is 3.53. The van der Waals surface area contributed by atoms with E-state index < -0.39 is 0 Å². The second-order valence-electron chi connectivity index (χ2n) is 3.53. The van der Waals surface area contributed by atoms with Gasteiger partial charge in [-0.2, -0.15) is 0 Å². The molecule has 0 spiro atoms. The van der Waals surface area contributed by atoms with Crippen LogP contribution in [0.15, 0.2) is 0 Å². The molecule has 0 aromatic carbocycles. The Balaban J connectivity index is 0.000000791. The number of methoxy groups -OCH3 is 1. The highest BCUT2D eigenvalue weighted by molar-refractivity contribution is 5.69. The lowest BCUT2D eigenvalue weighted by Gasteiger charge is -2.28. The van der Waals surface area contributed by atoms with Gasteiger partial charge in [-0.25, -0.2) is 0 Å². The van der Waals surface area contributed by atoms with Crippen LogP contribution in [0.2, 0.25) is 0 Å². The van der Waals surface area contributed by atoms with Crippen LogP contribution in [0.5, 0.6) is 0 Å². The van der Waals surface area contributed by atoms with Gasteiger partial charge in [-0.1, -0.05) is 13.8 Å². The van der Waals surface area contributed by atoms with E-state index in [1.54, 1.807) is 0 Å². The van der Waals surface area contributed by atoms with Crippen LogP contribution in [-0.4, -0.2) is 38.1 Å². The Morgan fingerprint density at radius 3 is 2.29 bits per heavy atom. The first-order valence-electron chi connectivity index (χ1n) is 5.47. The fourth-order valence-corrected chi connectivity index (χ4v) is 1.59. The van der Waals surface area contributed by atoms with Gasteiger partial charge in [0.1, 0.15) is 0 Å². The number of ether oxygens (including phenoxy) is 1. The lowest BCUT2D eigenvalue weighted by atomic mass is 9.94. The van der Waals surface area contributed by atoms with Crippen molar-refractivity contribution in [2.75, 3.05) is 27.2 Å². The quantitative estimate of drug-likeness (QED) is 0.639. The van der Waals surface area contributed by atoms with E-state index in [9.17, 15) is 4.79 Å². The maximum Gasteiger partial charge on any atom is 0.305 e. The Hall–Kier alpha value is -0.570. The average Bonchev–Trinajstić information content (AvgIpc) is 2.24. The van der Waals surface area contributed by atoms with Crippen molar-refractivity contribution >= 4 is 5.97 Å². The largest absolute Gasteiger partial charge is 0.469 e. The molecular weight excluding hydrogens is 178 g/mol. The smallest absolute Gasteiger partial charge is 0.305 e. The Kier molecular flexibility index (Phi) is 7.48. The summed E-state index contributed by atoms with van der Waals surface area (Å²) in [5.74, 6) is 0.484. The highest BCUT2D eigenvalue weighted by Crippen LogP contribution is 2.19. The van der Waals surface area contributed by atoms with Crippen molar-refractivity contribution in [2.24, 2.45) is 5.92 Å². The van der Waals surface area contributed by atoms with Gasteiger partial charge in [0.15, 0.2) is 0 Å². The zero-order valence-corrected chi connectivity index (χ0v) is 9.88. The zero-order valence-electron chi connectivity index (χ0n) is 9.88. The predicted molar refractivity (Wildman–Crippen MR) is 58.2 cm³/mol. The summed E-state index contributed by atoms with van der Waals surface area (Å²) >= 11 is 0. The normalized spacial score (nSPS) is 18.3. The van der Waals surface area contributed by atoms with E-state index in [-0.39, 0.29) is 5.97 Å². The van der Waals surface area contributed by atoms with Gasteiger partial charge >= 0.3 is 5.97 Å². The van der Waals surface area contributed by atoms with Gasteiger partial charge in [-0.15, -0.1) is 0 Å². The topological polar surface area (TPSA) is 29.5 Å². The molecule has 1 rings (SSSR count). The van der Waals surface area contributed by atoms with Crippen molar-refractivity contribution in [3.05, 3.63) is 0 Å². The lowest BCUT2D eigenvalue weighted by Crippen LogP contribution is -2.31. The van der Waals surface area contributed by atoms with Crippen molar-refractivity contribution in [2.45, 2.75) is 33.1 Å². The molecule has 0 bridgehead atoms. The van der Waals surface area contributed by atoms with E-state index in [0.29, 0.717) is 12.3 Å². The monoisotopic (exact) mass is 201 g/mol. The summed E-state index contributed by atoms with van der Waals surface area (Å²) in [6.45, 7) is 6.23. The van der Waals surface area contributed by atoms with Crippen LogP contribution in [-0.2, 0) is 9.53 Å². The summed E-state index contributed by atoms with van der Waals surface area (Å²) in [7, 11) is 3.58. The van der Waals surface area contributed by atoms with Crippen molar-refractivity contribution in [1.82, 2.24) is 4.90 Å². The van der Waals surface area contributed by atoms with Gasteiger partial charge < -0.3 is 9.64 Å². The third-order valence-electron chi connectivity index (χ3n) is 2.52. The zero-order chi connectivity index (χ0) is 11.0. The van der Waals surface area contributed by atoms with Crippen molar-refractivity contribution in [3.8, 4) is 0 Å². The van der Waals surface area contributed by atoms with Crippen LogP contribution < -0.4 is 0 Å². The average molecular weight is 201 g/mol. The molecule has 3 nitrogen and oxygen atoms in total. The van der Waals surface area contributed by atoms with E-state index in [4.69, 9.17) is 0 Å². The Labute approximate surface area is 87.4 Å². The summed E-state index contributed by atoms with van der Waals surface area (Å²) in [4.78, 5) is 13.2. The highest BCUT2D eigenvalue weighted by Gasteiger charge is 2.19. The van der Waals surface area contributed by atoms with E-state index in [1.165, 1.54) is 7.11 Å². The highest BCUT2D eigenvalue weighted by atomic mass is 16.5. The molecule has 0 amide bonds. The minimum atomic E-state index is -0.0652. The summed E-state index contributed by atoms with van der Waals surface area (Å²) in [6.07, 6.45) is 2.86. The number of rotatable bonds is 2. The molecule has 0 unspecified atom stereocenters. The van der Waals surface area contributed by atoms with Gasteiger partial charge in [0.2, 0.25) is 0 Å². The molecule has 0 aliphatic carbocycles. The Morgan fingerprint density at radius 2 is 1.86 bits per heavy atom. The molecule has 1 saturated heterocycles. The number of hydrogen-bond donors (Lipinski definition) is 0. The summed E-state index contributed by atoms with van der Waals surface area (Å²) in [5.41, 5.74) is 0. The molecule has 1 aliphatic heterocycles. The summed E-state index contributed by atoms with van der Waals surface area (Å²) in [6, 6.07) is 0. The molecule has 0 aromatic heterocycles. The van der Waals surface area contributed by atoms with Crippen LogP contribution in [0.1, 0.15) is 33.1 Å². The minimum Gasteiger partial charge on any atom is -0.469 e. The van der Waals surface area contributed by atoms with Gasteiger partial charge in [0.05, 0.1) is 7.11 Å². The number of esters is 1. The van der Waals surface area contributed by atoms with Crippen LogP contribution >= 0.6 is 0 Å². The number of piperidine rings is 1. The van der Waals surface area contributed by atoms with E-state index in [0.717, 1.165) is 25.9 Å². The van der Waals surface area contributed by atoms with Crippen LogP contribution in [0.4, 0.5) is 0 Å². The predicted octanol–water partition coefficient (Wildman–Crippen LogP) is 1.92. The van der Waals surface area contributed by atoms with Crippen molar-refractivity contribution in [1.29, 1.82) is 0 Å². The maximum absolute atomic E-state index is 10.9. The third-order valence-corrected chi connectivity index (χ3v) is 2.52. The molecular formula is C11H23NO2. The molecule has 84 valence electrons. The number of likely N-dealkylation sites (tertiary alicyclic amines) is 1. The number of hydrogen-bond acceptors (Lipinski definition) is 3. The van der Waals surface area contributed by atoms with Gasteiger partial charge in [0.25, 0.3) is 0 Å². The molecule has 3 heteroatoms. The molecule has 0 N–H and O–H groups in total. The molecule has 1 aliphatic rings. The maximum atomic E-state index is 10.9. The summed E-state index contributed by atoms with van der Waals surface area (Å²) in [5, 5.41) is 0. The number of nitrogens with zero attached hydrogens (tertiary/aromatic N) is 1. The fraction of sp³-hybridized carbons (Fsp3) is 0.909. The lowest BCUT2D eigenvalue weighted by molar-refractivity contribution is -0.142. The van der Waals surface area contributed by atoms with Crippen LogP contribution in [0.25, 0.3) is 0 Å². The SMILES string of the molecule is CC.COC(=O)CC1CCN(C)CC1. The molecule has 0 saturated carbocycles. The molecule has 0 aromatic rings. The Morgan fingerprint density at radius 1 is 1.36 bits per heavy atom. The fourth-order valence-electron chi connectivity index (χ4n) is 1.59. The molecule has 14 heavy (non-hydrogen) atoms. The first kappa shape index (κ1) is 13.4. The molecule has 1 fully saturated rings. The van der Waals surface area contributed by atoms with Crippen molar-refractivity contribution in [3.63, 3.8) is 0 Å². The van der Waals surface area contributed by atoms with E-state index in [1.807, 2.05) is 13.8 Å². The van der Waals surface area contributed by atoms with Crippen LogP contribution in [0, 0.1) is 5.92 Å². The van der Waals surface area contributed by atoms with E-state index in [2.05, 4.69) is 16.7 Å².